The Morgan fingerprint density at radius 3 is 2.54 bits per heavy atom. The zero-order chi connectivity index (χ0) is 25.3. The van der Waals surface area contributed by atoms with Gasteiger partial charge >= 0.3 is 12.1 Å². The summed E-state index contributed by atoms with van der Waals surface area (Å²) in [5.74, 6) is -0.445. The number of pyridine rings is 1. The van der Waals surface area contributed by atoms with E-state index in [-0.39, 0.29) is 18.8 Å². The first-order chi connectivity index (χ1) is 16.6. The number of carbonyl (C=O) groups is 1. The predicted octanol–water partition coefficient (Wildman–Crippen LogP) is 5.04. The van der Waals surface area contributed by atoms with Crippen LogP contribution in [-0.4, -0.2) is 38.7 Å². The van der Waals surface area contributed by atoms with Crippen LogP contribution >= 0.6 is 12.2 Å². The topological polar surface area (TPSA) is 59.4 Å². The standard InChI is InChI=1S/C25H25F3N4O2S/c1-4-34-21(33)14-31-23(22(30-24(31)35)19-10-7-8-12-29-19)17-13-15(2)32(16(17)3)20-11-6-5-9-18(20)25(26,27)28/h5-13,22-23H,4,14H2,1-3H3,(H,30,35)/t22-,23-/m1/s1. The van der Waals surface area contributed by atoms with Gasteiger partial charge in [-0.3, -0.25) is 9.78 Å². The van der Waals surface area contributed by atoms with Crippen molar-refractivity contribution in [1.29, 1.82) is 0 Å². The number of thiocarbonyl (C=S) groups is 1. The number of para-hydroxylation sites is 1. The van der Waals surface area contributed by atoms with Crippen LogP contribution in [0.2, 0.25) is 0 Å². The Hall–Kier alpha value is -3.40. The van der Waals surface area contributed by atoms with Crippen molar-refractivity contribution in [2.75, 3.05) is 13.2 Å². The molecule has 0 unspecified atom stereocenters. The molecule has 0 radical (unpaired) electrons. The average Bonchev–Trinajstić information content (AvgIpc) is 3.29. The molecule has 1 saturated heterocycles. The second kappa shape index (κ2) is 9.69. The molecule has 35 heavy (non-hydrogen) atoms. The van der Waals surface area contributed by atoms with Crippen LogP contribution < -0.4 is 5.32 Å². The minimum atomic E-state index is -4.51. The Balaban J connectivity index is 1.86. The molecular weight excluding hydrogens is 477 g/mol. The second-order valence-corrected chi connectivity index (χ2v) is 8.62. The smallest absolute Gasteiger partial charge is 0.418 e. The largest absolute Gasteiger partial charge is 0.465 e. The predicted molar refractivity (Wildman–Crippen MR) is 129 cm³/mol. The van der Waals surface area contributed by atoms with Gasteiger partial charge in [-0.05, 0) is 68.9 Å². The summed E-state index contributed by atoms with van der Waals surface area (Å²) in [5, 5.41) is 3.59. The minimum Gasteiger partial charge on any atom is -0.465 e. The number of hydrogen-bond donors (Lipinski definition) is 1. The van der Waals surface area contributed by atoms with Crippen LogP contribution in [0.1, 0.15) is 47.2 Å². The quantitative estimate of drug-likeness (QED) is 0.376. The van der Waals surface area contributed by atoms with Crippen molar-refractivity contribution in [3.05, 3.63) is 82.9 Å². The summed E-state index contributed by atoms with van der Waals surface area (Å²) in [6.45, 7) is 5.38. The number of nitrogens with zero attached hydrogens (tertiary/aromatic N) is 3. The molecule has 184 valence electrons. The molecule has 0 aliphatic carbocycles. The number of benzene rings is 1. The first-order valence-electron chi connectivity index (χ1n) is 11.1. The molecule has 0 spiro atoms. The minimum absolute atomic E-state index is 0.0427. The van der Waals surface area contributed by atoms with Gasteiger partial charge in [-0.15, -0.1) is 0 Å². The van der Waals surface area contributed by atoms with Gasteiger partial charge in [-0.2, -0.15) is 13.2 Å². The zero-order valence-corrected chi connectivity index (χ0v) is 20.3. The number of aromatic nitrogens is 2. The van der Waals surface area contributed by atoms with Gasteiger partial charge in [0, 0.05) is 17.6 Å². The number of esters is 1. The molecule has 3 aromatic rings. The number of alkyl halides is 3. The monoisotopic (exact) mass is 502 g/mol. The van der Waals surface area contributed by atoms with E-state index in [0.29, 0.717) is 22.2 Å². The molecule has 1 fully saturated rings. The third-order valence-corrected chi connectivity index (χ3v) is 6.39. The molecule has 1 aliphatic heterocycles. The van der Waals surface area contributed by atoms with Gasteiger partial charge in [0.25, 0.3) is 0 Å². The Labute approximate surface area is 206 Å². The molecule has 3 heterocycles. The maximum Gasteiger partial charge on any atom is 0.418 e. The number of aryl methyl sites for hydroxylation is 1. The molecule has 2 atom stereocenters. The van der Waals surface area contributed by atoms with Gasteiger partial charge in [0.05, 0.1) is 35.6 Å². The highest BCUT2D eigenvalue weighted by Gasteiger charge is 2.43. The van der Waals surface area contributed by atoms with E-state index in [2.05, 4.69) is 10.3 Å². The summed E-state index contributed by atoms with van der Waals surface area (Å²) >= 11 is 5.57. The molecule has 4 rings (SSSR count). The van der Waals surface area contributed by atoms with E-state index in [1.807, 2.05) is 18.2 Å². The first kappa shape index (κ1) is 24.7. The number of halogens is 3. The maximum atomic E-state index is 13.8. The number of nitrogens with one attached hydrogen (secondary N) is 1. The second-order valence-electron chi connectivity index (χ2n) is 8.24. The van der Waals surface area contributed by atoms with Crippen LogP contribution in [0.25, 0.3) is 5.69 Å². The Bertz CT molecular complexity index is 1240. The average molecular weight is 503 g/mol. The third-order valence-electron chi connectivity index (χ3n) is 6.04. The normalized spacial score (nSPS) is 18.0. The highest BCUT2D eigenvalue weighted by atomic mass is 32.1. The van der Waals surface area contributed by atoms with Gasteiger partial charge in [0.2, 0.25) is 0 Å². The highest BCUT2D eigenvalue weighted by Crippen LogP contribution is 2.42. The lowest BCUT2D eigenvalue weighted by atomic mass is 9.96. The van der Waals surface area contributed by atoms with E-state index in [4.69, 9.17) is 17.0 Å². The molecule has 1 N–H and O–H groups in total. The molecule has 0 bridgehead atoms. The summed E-state index contributed by atoms with van der Waals surface area (Å²) in [6, 6.07) is 11.9. The van der Waals surface area contributed by atoms with Crippen LogP contribution in [0, 0.1) is 13.8 Å². The number of ether oxygens (including phenoxy) is 1. The van der Waals surface area contributed by atoms with E-state index >= 15 is 0 Å². The van der Waals surface area contributed by atoms with Crippen molar-refractivity contribution < 1.29 is 22.7 Å². The summed E-state index contributed by atoms with van der Waals surface area (Å²) < 4.78 is 48.2. The third kappa shape index (κ3) is 4.75. The van der Waals surface area contributed by atoms with Crippen molar-refractivity contribution in [2.24, 2.45) is 0 Å². The van der Waals surface area contributed by atoms with Crippen molar-refractivity contribution in [3.63, 3.8) is 0 Å². The van der Waals surface area contributed by atoms with E-state index in [1.54, 1.807) is 48.6 Å². The Morgan fingerprint density at radius 2 is 1.89 bits per heavy atom. The van der Waals surface area contributed by atoms with Crippen molar-refractivity contribution in [2.45, 2.75) is 39.0 Å². The molecule has 10 heteroatoms. The molecule has 0 saturated carbocycles. The maximum absolute atomic E-state index is 13.8. The molecule has 6 nitrogen and oxygen atoms in total. The Kier molecular flexibility index (Phi) is 6.84. The van der Waals surface area contributed by atoms with Crippen LogP contribution in [0.3, 0.4) is 0 Å². The van der Waals surface area contributed by atoms with Crippen LogP contribution in [0.5, 0.6) is 0 Å². The highest BCUT2D eigenvalue weighted by molar-refractivity contribution is 7.80. The molecule has 1 aromatic carbocycles. The molecule has 1 aliphatic rings. The number of rotatable bonds is 6. The lowest BCUT2D eigenvalue weighted by Gasteiger charge is -2.27. The van der Waals surface area contributed by atoms with E-state index in [0.717, 1.165) is 11.6 Å². The van der Waals surface area contributed by atoms with Gasteiger partial charge in [0.15, 0.2) is 5.11 Å². The number of hydrogen-bond acceptors (Lipinski definition) is 4. The van der Waals surface area contributed by atoms with E-state index in [1.165, 1.54) is 12.1 Å². The van der Waals surface area contributed by atoms with Crippen molar-refractivity contribution in [3.8, 4) is 5.69 Å². The lowest BCUT2D eigenvalue weighted by molar-refractivity contribution is -0.143. The molecule has 2 aromatic heterocycles. The van der Waals surface area contributed by atoms with Gasteiger partial charge < -0.3 is 19.5 Å². The Morgan fingerprint density at radius 1 is 1.17 bits per heavy atom. The fourth-order valence-corrected chi connectivity index (χ4v) is 4.93. The van der Waals surface area contributed by atoms with Crippen molar-refractivity contribution >= 4 is 23.3 Å². The van der Waals surface area contributed by atoms with Gasteiger partial charge in [-0.25, -0.2) is 0 Å². The van der Waals surface area contributed by atoms with Crippen LogP contribution in [0.15, 0.2) is 54.7 Å². The van der Waals surface area contributed by atoms with Gasteiger partial charge in [0.1, 0.15) is 6.54 Å². The lowest BCUT2D eigenvalue weighted by Crippen LogP contribution is -2.35. The van der Waals surface area contributed by atoms with Crippen molar-refractivity contribution in [1.82, 2.24) is 19.8 Å². The first-order valence-corrected chi connectivity index (χ1v) is 11.5. The SMILES string of the molecule is CCOC(=O)CN1C(=S)N[C@H](c2ccccn2)[C@H]1c1cc(C)n(-c2ccccc2C(F)(F)F)c1C. The van der Waals surface area contributed by atoms with Crippen LogP contribution in [-0.2, 0) is 15.7 Å². The zero-order valence-electron chi connectivity index (χ0n) is 19.5. The van der Waals surface area contributed by atoms with Crippen LogP contribution in [0.4, 0.5) is 13.2 Å². The van der Waals surface area contributed by atoms with E-state index < -0.39 is 29.8 Å². The summed E-state index contributed by atoms with van der Waals surface area (Å²) in [5.41, 5.74) is 2.01. The molecule has 0 amide bonds. The number of carbonyl (C=O) groups excluding carboxylic acids is 1. The summed E-state index contributed by atoms with van der Waals surface area (Å²) in [7, 11) is 0. The summed E-state index contributed by atoms with van der Waals surface area (Å²) in [6.07, 6.45) is -2.85. The fourth-order valence-electron chi connectivity index (χ4n) is 4.63. The fraction of sp³-hybridized carbons (Fsp3) is 0.320. The van der Waals surface area contributed by atoms with E-state index in [9.17, 15) is 18.0 Å². The molecular formula is C25H25F3N4O2S. The summed E-state index contributed by atoms with van der Waals surface area (Å²) in [4.78, 5) is 18.6. The van der Waals surface area contributed by atoms with Gasteiger partial charge in [-0.1, -0.05) is 18.2 Å².